The molecule has 0 bridgehead atoms. The largest absolute Gasteiger partial charge is 0.497 e. The van der Waals surface area contributed by atoms with Gasteiger partial charge in [-0.25, -0.2) is 4.39 Å². The predicted molar refractivity (Wildman–Crippen MR) is 82.5 cm³/mol. The van der Waals surface area contributed by atoms with Crippen LogP contribution in [0, 0.1) is 23.6 Å². The topological polar surface area (TPSA) is 21.3 Å². The quantitative estimate of drug-likeness (QED) is 0.799. The summed E-state index contributed by atoms with van der Waals surface area (Å²) in [6.07, 6.45) is 0. The van der Waals surface area contributed by atoms with Gasteiger partial charge in [-0.1, -0.05) is 33.8 Å². The number of benzene rings is 1. The SMILES string of the molecule is COc1ccc(C(C)NCC(C(C)C)C(C)C)c(F)c1. The summed E-state index contributed by atoms with van der Waals surface area (Å²) in [6, 6.07) is 5.04. The summed E-state index contributed by atoms with van der Waals surface area (Å²) >= 11 is 0. The molecule has 0 aromatic heterocycles. The zero-order valence-corrected chi connectivity index (χ0v) is 13.5. The molecule has 0 amide bonds. The zero-order valence-electron chi connectivity index (χ0n) is 13.5. The third kappa shape index (κ3) is 4.48. The summed E-state index contributed by atoms with van der Waals surface area (Å²) in [5.41, 5.74) is 0.692. The van der Waals surface area contributed by atoms with E-state index in [1.165, 1.54) is 6.07 Å². The highest BCUT2D eigenvalue weighted by molar-refractivity contribution is 5.30. The molecule has 3 heteroatoms. The fourth-order valence-corrected chi connectivity index (χ4v) is 2.65. The van der Waals surface area contributed by atoms with Crippen LogP contribution in [0.3, 0.4) is 0 Å². The van der Waals surface area contributed by atoms with Crippen LogP contribution in [0.2, 0.25) is 0 Å². The number of halogens is 1. The summed E-state index contributed by atoms with van der Waals surface area (Å²) < 4.78 is 19.0. The van der Waals surface area contributed by atoms with Crippen molar-refractivity contribution >= 4 is 0 Å². The van der Waals surface area contributed by atoms with Crippen molar-refractivity contribution < 1.29 is 9.13 Å². The lowest BCUT2D eigenvalue weighted by Gasteiger charge is -2.27. The van der Waals surface area contributed by atoms with Gasteiger partial charge in [0, 0.05) is 17.7 Å². The minimum atomic E-state index is -0.213. The maximum Gasteiger partial charge on any atom is 0.131 e. The molecule has 0 radical (unpaired) electrons. The normalized spacial score (nSPS) is 13.3. The third-order valence-corrected chi connectivity index (χ3v) is 4.05. The fourth-order valence-electron chi connectivity index (χ4n) is 2.65. The van der Waals surface area contributed by atoms with Gasteiger partial charge in [-0.3, -0.25) is 0 Å². The molecule has 114 valence electrons. The van der Waals surface area contributed by atoms with Crippen LogP contribution in [0.5, 0.6) is 5.75 Å². The molecule has 1 unspecified atom stereocenters. The van der Waals surface area contributed by atoms with Crippen molar-refractivity contribution in [3.05, 3.63) is 29.6 Å². The summed E-state index contributed by atoms with van der Waals surface area (Å²) in [5.74, 6) is 2.18. The third-order valence-electron chi connectivity index (χ3n) is 4.05. The molecule has 0 aliphatic heterocycles. The number of hydrogen-bond donors (Lipinski definition) is 1. The van der Waals surface area contributed by atoms with Gasteiger partial charge in [0.15, 0.2) is 0 Å². The minimum Gasteiger partial charge on any atom is -0.497 e. The Morgan fingerprint density at radius 2 is 1.70 bits per heavy atom. The van der Waals surface area contributed by atoms with E-state index in [0.29, 0.717) is 29.1 Å². The summed E-state index contributed by atoms with van der Waals surface area (Å²) in [6.45, 7) is 11.9. The molecule has 1 atom stereocenters. The van der Waals surface area contributed by atoms with Crippen LogP contribution in [0.25, 0.3) is 0 Å². The Kier molecular flexibility index (Phi) is 6.47. The molecule has 0 saturated carbocycles. The highest BCUT2D eigenvalue weighted by atomic mass is 19.1. The Balaban J connectivity index is 2.69. The van der Waals surface area contributed by atoms with E-state index in [4.69, 9.17) is 4.74 Å². The molecule has 0 saturated heterocycles. The van der Waals surface area contributed by atoms with E-state index in [1.54, 1.807) is 19.2 Å². The minimum absolute atomic E-state index is 0.000839. The Morgan fingerprint density at radius 3 is 2.15 bits per heavy atom. The Labute approximate surface area is 122 Å². The van der Waals surface area contributed by atoms with Crippen LogP contribution in [0.15, 0.2) is 18.2 Å². The zero-order chi connectivity index (χ0) is 15.3. The average Bonchev–Trinajstić information content (AvgIpc) is 2.37. The molecule has 1 aromatic rings. The molecule has 1 aromatic carbocycles. The molecule has 20 heavy (non-hydrogen) atoms. The second-order valence-corrected chi connectivity index (χ2v) is 6.17. The Hall–Kier alpha value is -1.09. The molecule has 0 spiro atoms. The van der Waals surface area contributed by atoms with Gasteiger partial charge >= 0.3 is 0 Å². The first-order valence-electron chi connectivity index (χ1n) is 7.43. The van der Waals surface area contributed by atoms with Crippen LogP contribution in [0.4, 0.5) is 4.39 Å². The molecule has 0 heterocycles. The number of rotatable bonds is 7. The number of methoxy groups -OCH3 is 1. The van der Waals surface area contributed by atoms with Crippen molar-refractivity contribution in [2.45, 2.75) is 40.7 Å². The number of ether oxygens (including phenoxy) is 1. The molecular formula is C17H28FNO. The maximum atomic E-state index is 14.0. The van der Waals surface area contributed by atoms with Crippen LogP contribution in [0.1, 0.15) is 46.2 Å². The second-order valence-electron chi connectivity index (χ2n) is 6.17. The van der Waals surface area contributed by atoms with Gasteiger partial charge in [0.2, 0.25) is 0 Å². The van der Waals surface area contributed by atoms with E-state index >= 15 is 0 Å². The van der Waals surface area contributed by atoms with E-state index in [-0.39, 0.29) is 11.9 Å². The van der Waals surface area contributed by atoms with Crippen molar-refractivity contribution in [1.29, 1.82) is 0 Å². The smallest absolute Gasteiger partial charge is 0.131 e. The van der Waals surface area contributed by atoms with Gasteiger partial charge in [0.05, 0.1) is 7.11 Å². The molecular weight excluding hydrogens is 253 g/mol. The summed E-state index contributed by atoms with van der Waals surface area (Å²) in [4.78, 5) is 0. The molecule has 0 fully saturated rings. The van der Waals surface area contributed by atoms with Gasteiger partial charge in [0.1, 0.15) is 11.6 Å². The van der Waals surface area contributed by atoms with E-state index < -0.39 is 0 Å². The lowest BCUT2D eigenvalue weighted by atomic mass is 9.85. The second kappa shape index (κ2) is 7.63. The van der Waals surface area contributed by atoms with Gasteiger partial charge in [-0.05, 0) is 37.3 Å². The van der Waals surface area contributed by atoms with E-state index in [1.807, 2.05) is 6.92 Å². The van der Waals surface area contributed by atoms with Crippen molar-refractivity contribution in [3.63, 3.8) is 0 Å². The maximum absolute atomic E-state index is 14.0. The number of nitrogens with one attached hydrogen (secondary N) is 1. The summed E-state index contributed by atoms with van der Waals surface area (Å²) in [7, 11) is 1.55. The summed E-state index contributed by atoms with van der Waals surface area (Å²) in [5, 5.41) is 3.46. The van der Waals surface area contributed by atoms with Gasteiger partial charge in [-0.15, -0.1) is 0 Å². The highest BCUT2D eigenvalue weighted by Gasteiger charge is 2.19. The lowest BCUT2D eigenvalue weighted by molar-refractivity contribution is 0.267. The van der Waals surface area contributed by atoms with E-state index in [2.05, 4.69) is 33.0 Å². The van der Waals surface area contributed by atoms with Crippen molar-refractivity contribution in [1.82, 2.24) is 5.32 Å². The monoisotopic (exact) mass is 281 g/mol. The first-order valence-corrected chi connectivity index (χ1v) is 7.43. The molecule has 1 rings (SSSR count). The van der Waals surface area contributed by atoms with Gasteiger partial charge < -0.3 is 10.1 Å². The van der Waals surface area contributed by atoms with Crippen LogP contribution < -0.4 is 10.1 Å². The van der Waals surface area contributed by atoms with Crippen LogP contribution in [-0.2, 0) is 0 Å². The van der Waals surface area contributed by atoms with Crippen LogP contribution >= 0.6 is 0 Å². The number of hydrogen-bond acceptors (Lipinski definition) is 2. The fraction of sp³-hybridized carbons (Fsp3) is 0.647. The molecule has 0 aliphatic rings. The van der Waals surface area contributed by atoms with Gasteiger partial charge in [0.25, 0.3) is 0 Å². The van der Waals surface area contributed by atoms with Crippen molar-refractivity contribution in [2.24, 2.45) is 17.8 Å². The first kappa shape index (κ1) is 17.0. The average molecular weight is 281 g/mol. The predicted octanol–water partition coefficient (Wildman–Crippen LogP) is 4.41. The molecule has 1 N–H and O–H groups in total. The van der Waals surface area contributed by atoms with E-state index in [9.17, 15) is 4.39 Å². The van der Waals surface area contributed by atoms with Crippen LogP contribution in [-0.4, -0.2) is 13.7 Å². The van der Waals surface area contributed by atoms with Crippen molar-refractivity contribution in [3.8, 4) is 5.75 Å². The standard InChI is InChI=1S/C17H28FNO/c1-11(2)16(12(3)4)10-19-13(5)15-8-7-14(20-6)9-17(15)18/h7-9,11-13,16,19H,10H2,1-6H3. The van der Waals surface area contributed by atoms with Gasteiger partial charge in [-0.2, -0.15) is 0 Å². The Bertz CT molecular complexity index is 409. The highest BCUT2D eigenvalue weighted by Crippen LogP contribution is 2.24. The first-order chi connectivity index (χ1) is 9.36. The molecule has 2 nitrogen and oxygen atoms in total. The van der Waals surface area contributed by atoms with Crippen molar-refractivity contribution in [2.75, 3.05) is 13.7 Å². The van der Waals surface area contributed by atoms with E-state index in [0.717, 1.165) is 6.54 Å². The molecule has 0 aliphatic carbocycles. The lowest BCUT2D eigenvalue weighted by Crippen LogP contribution is -2.31. The Morgan fingerprint density at radius 1 is 1.10 bits per heavy atom.